The van der Waals surface area contributed by atoms with Crippen molar-refractivity contribution in [1.29, 1.82) is 0 Å². The molecule has 0 fully saturated rings. The predicted molar refractivity (Wildman–Crippen MR) is 226 cm³/mol. The van der Waals surface area contributed by atoms with Gasteiger partial charge in [0.15, 0.2) is 0 Å². The van der Waals surface area contributed by atoms with Gasteiger partial charge < -0.3 is 21.1 Å². The number of unbranched alkanes of at least 4 members (excludes halogenated alkanes) is 28. The normalized spacial score (nSPS) is 14.3. The summed E-state index contributed by atoms with van der Waals surface area (Å²) in [5.41, 5.74) is 5.36. The van der Waals surface area contributed by atoms with Crippen molar-refractivity contribution in [3.05, 3.63) is 24.3 Å². The summed E-state index contributed by atoms with van der Waals surface area (Å²) in [6, 6.07) is -0.871. The van der Waals surface area contributed by atoms with Crippen LogP contribution in [-0.4, -0.2) is 47.8 Å². The third-order valence-electron chi connectivity index (χ3n) is 10.0. The van der Waals surface area contributed by atoms with Crippen LogP contribution in [0.4, 0.5) is 0 Å². The molecule has 0 saturated heterocycles. The number of allylic oxidation sites excluding steroid dienone is 3. The highest BCUT2D eigenvalue weighted by molar-refractivity contribution is 7.47. The summed E-state index contributed by atoms with van der Waals surface area (Å²) in [4.78, 5) is 22.7. The molecule has 9 heteroatoms. The molecule has 0 heterocycles. The minimum absolute atomic E-state index is 0.0757. The Balaban J connectivity index is 4.05. The maximum absolute atomic E-state index is 12.7. The van der Waals surface area contributed by atoms with Crippen molar-refractivity contribution in [3.8, 4) is 0 Å². The fourth-order valence-corrected chi connectivity index (χ4v) is 7.38. The standard InChI is InChI=1S/C44H87N2O6P/c1-3-5-7-9-11-13-15-16-17-18-19-20-21-22-23-24-25-26-28-30-32-34-36-38-44(48)46-42(41-52-53(49,50)51-40-39-45)43(47)37-35-33-31-29-27-14-12-10-8-6-4-2/h27,29,35,37,42-43,47H,3-26,28,30-34,36,38-41,45H2,1-2H3,(H,46,48)(H,49,50)/b29-27+,37-35+. The number of hydrogen-bond acceptors (Lipinski definition) is 6. The second-order valence-corrected chi connectivity index (χ2v) is 16.7. The number of carbonyl (C=O) groups is 1. The van der Waals surface area contributed by atoms with Crippen LogP contribution < -0.4 is 11.1 Å². The van der Waals surface area contributed by atoms with Crippen LogP contribution in [0.3, 0.4) is 0 Å². The molecule has 0 radical (unpaired) electrons. The van der Waals surface area contributed by atoms with Crippen molar-refractivity contribution < 1.29 is 28.4 Å². The largest absolute Gasteiger partial charge is 0.472 e. The predicted octanol–water partition coefficient (Wildman–Crippen LogP) is 12.6. The van der Waals surface area contributed by atoms with E-state index in [2.05, 4.69) is 31.3 Å². The molecule has 53 heavy (non-hydrogen) atoms. The molecule has 0 rings (SSSR count). The first-order chi connectivity index (χ1) is 25.9. The van der Waals surface area contributed by atoms with Crippen molar-refractivity contribution in [2.24, 2.45) is 5.73 Å². The van der Waals surface area contributed by atoms with Crippen molar-refractivity contribution in [3.63, 3.8) is 0 Å². The summed E-state index contributed by atoms with van der Waals surface area (Å²) in [5.74, 6) is -0.202. The van der Waals surface area contributed by atoms with Crippen LogP contribution in [0.25, 0.3) is 0 Å². The SMILES string of the molecule is CCCCCCC/C=C/CC/C=C/C(O)C(COP(=O)(O)OCCN)NC(=O)CCCCCCCCCCCCCCCCCCCCCCCCC. The zero-order valence-electron chi connectivity index (χ0n) is 34.8. The summed E-state index contributed by atoms with van der Waals surface area (Å²) in [7, 11) is -4.34. The number of phosphoric ester groups is 1. The Morgan fingerprint density at radius 1 is 0.604 bits per heavy atom. The van der Waals surface area contributed by atoms with Crippen LogP contribution in [-0.2, 0) is 18.4 Å². The van der Waals surface area contributed by atoms with Crippen molar-refractivity contribution >= 4 is 13.7 Å². The second kappa shape index (κ2) is 40.6. The zero-order valence-corrected chi connectivity index (χ0v) is 35.7. The topological polar surface area (TPSA) is 131 Å². The number of nitrogens with two attached hydrogens (primary N) is 1. The summed E-state index contributed by atoms with van der Waals surface area (Å²) < 4.78 is 22.1. The number of rotatable bonds is 42. The molecule has 0 spiro atoms. The van der Waals surface area contributed by atoms with E-state index >= 15 is 0 Å². The first kappa shape index (κ1) is 52.0. The van der Waals surface area contributed by atoms with Crippen molar-refractivity contribution in [1.82, 2.24) is 5.32 Å². The molecular formula is C44H87N2O6P. The Labute approximate surface area is 327 Å². The lowest BCUT2D eigenvalue weighted by Gasteiger charge is -2.23. The second-order valence-electron chi connectivity index (χ2n) is 15.3. The van der Waals surface area contributed by atoms with Crippen LogP contribution in [0.15, 0.2) is 24.3 Å². The number of aliphatic hydroxyl groups is 1. The van der Waals surface area contributed by atoms with Crippen LogP contribution in [0.2, 0.25) is 0 Å². The van der Waals surface area contributed by atoms with Gasteiger partial charge in [-0.2, -0.15) is 0 Å². The average molecular weight is 771 g/mol. The Morgan fingerprint density at radius 2 is 1.00 bits per heavy atom. The molecule has 0 bridgehead atoms. The highest BCUT2D eigenvalue weighted by Crippen LogP contribution is 2.43. The fraction of sp³-hybridized carbons (Fsp3) is 0.886. The van der Waals surface area contributed by atoms with Crippen LogP contribution >= 0.6 is 7.82 Å². The van der Waals surface area contributed by atoms with Gasteiger partial charge in [-0.05, 0) is 32.1 Å². The smallest absolute Gasteiger partial charge is 0.387 e. The molecule has 0 aromatic heterocycles. The summed E-state index contributed by atoms with van der Waals surface area (Å²) >= 11 is 0. The van der Waals surface area contributed by atoms with Gasteiger partial charge in [0.25, 0.3) is 0 Å². The number of phosphoric acid groups is 1. The lowest BCUT2D eigenvalue weighted by molar-refractivity contribution is -0.123. The van der Waals surface area contributed by atoms with Gasteiger partial charge in [0, 0.05) is 13.0 Å². The fourth-order valence-electron chi connectivity index (χ4n) is 6.62. The van der Waals surface area contributed by atoms with Gasteiger partial charge in [0.2, 0.25) is 5.91 Å². The summed E-state index contributed by atoms with van der Waals surface area (Å²) in [6.07, 6.45) is 46.7. The van der Waals surface area contributed by atoms with E-state index in [1.54, 1.807) is 6.08 Å². The van der Waals surface area contributed by atoms with E-state index in [1.165, 1.54) is 161 Å². The molecule has 3 unspecified atom stereocenters. The molecule has 0 aromatic rings. The number of nitrogens with one attached hydrogen (secondary N) is 1. The van der Waals surface area contributed by atoms with Gasteiger partial charge in [-0.1, -0.05) is 205 Å². The third kappa shape index (κ3) is 39.0. The average Bonchev–Trinajstić information content (AvgIpc) is 3.14. The van der Waals surface area contributed by atoms with E-state index in [1.807, 2.05) is 6.08 Å². The van der Waals surface area contributed by atoms with Gasteiger partial charge in [-0.3, -0.25) is 13.8 Å². The molecule has 0 aliphatic carbocycles. The minimum atomic E-state index is -4.34. The molecule has 0 aromatic carbocycles. The number of carbonyl (C=O) groups excluding carboxylic acids is 1. The van der Waals surface area contributed by atoms with Gasteiger partial charge in [-0.15, -0.1) is 0 Å². The number of amides is 1. The summed E-state index contributed by atoms with van der Waals surface area (Å²) in [6.45, 7) is 4.10. The lowest BCUT2D eigenvalue weighted by Crippen LogP contribution is -2.45. The number of hydrogen-bond donors (Lipinski definition) is 4. The van der Waals surface area contributed by atoms with Gasteiger partial charge in [0.05, 0.1) is 25.4 Å². The van der Waals surface area contributed by atoms with Gasteiger partial charge in [-0.25, -0.2) is 4.57 Å². The maximum atomic E-state index is 12.7. The monoisotopic (exact) mass is 771 g/mol. The van der Waals surface area contributed by atoms with E-state index < -0.39 is 20.0 Å². The molecule has 1 amide bonds. The van der Waals surface area contributed by atoms with Crippen LogP contribution in [0.5, 0.6) is 0 Å². The molecule has 0 saturated carbocycles. The first-order valence-electron chi connectivity index (χ1n) is 22.5. The minimum Gasteiger partial charge on any atom is -0.387 e. The molecular weight excluding hydrogens is 683 g/mol. The van der Waals surface area contributed by atoms with E-state index in [-0.39, 0.29) is 25.7 Å². The van der Waals surface area contributed by atoms with Crippen LogP contribution in [0, 0.1) is 0 Å². The van der Waals surface area contributed by atoms with Crippen molar-refractivity contribution in [2.45, 2.75) is 231 Å². The van der Waals surface area contributed by atoms with Gasteiger partial charge in [0.1, 0.15) is 0 Å². The molecule has 0 aliphatic rings. The van der Waals surface area contributed by atoms with Gasteiger partial charge >= 0.3 is 7.82 Å². The zero-order chi connectivity index (χ0) is 38.9. The molecule has 5 N–H and O–H groups in total. The molecule has 8 nitrogen and oxygen atoms in total. The highest BCUT2D eigenvalue weighted by Gasteiger charge is 2.26. The Bertz CT molecular complexity index is 886. The number of aliphatic hydroxyl groups excluding tert-OH is 1. The van der Waals surface area contributed by atoms with E-state index in [9.17, 15) is 19.4 Å². The Hall–Kier alpha value is -1.02. The van der Waals surface area contributed by atoms with E-state index in [0.717, 1.165) is 38.5 Å². The highest BCUT2D eigenvalue weighted by atomic mass is 31.2. The summed E-state index contributed by atoms with van der Waals surface area (Å²) in [5, 5.41) is 13.6. The van der Waals surface area contributed by atoms with Crippen LogP contribution in [0.1, 0.15) is 219 Å². The Kier molecular flexibility index (Phi) is 39.9. The first-order valence-corrected chi connectivity index (χ1v) is 24.0. The quantitative estimate of drug-likeness (QED) is 0.0276. The molecule has 0 aliphatic heterocycles. The maximum Gasteiger partial charge on any atom is 0.472 e. The lowest BCUT2D eigenvalue weighted by atomic mass is 10.0. The Morgan fingerprint density at radius 3 is 1.45 bits per heavy atom. The molecule has 3 atom stereocenters. The third-order valence-corrected chi connectivity index (χ3v) is 11.0. The van der Waals surface area contributed by atoms with E-state index in [4.69, 9.17) is 14.8 Å². The molecule has 314 valence electrons. The van der Waals surface area contributed by atoms with Crippen molar-refractivity contribution in [2.75, 3.05) is 19.8 Å². The van der Waals surface area contributed by atoms with E-state index in [0.29, 0.717) is 6.42 Å².